The summed E-state index contributed by atoms with van der Waals surface area (Å²) in [7, 11) is 0. The molecular formula is C16H23ClF2N2O2. The molecule has 1 rings (SSSR count). The molecule has 0 atom stereocenters. The van der Waals surface area contributed by atoms with E-state index < -0.39 is 23.0 Å². The third-order valence-corrected chi connectivity index (χ3v) is 3.97. The summed E-state index contributed by atoms with van der Waals surface area (Å²) in [5, 5.41) is 2.86. The minimum atomic E-state index is -1.07. The monoisotopic (exact) mass is 348 g/mol. The van der Waals surface area contributed by atoms with Crippen molar-refractivity contribution in [1.82, 2.24) is 5.32 Å². The average molecular weight is 349 g/mol. The number of benzene rings is 1. The van der Waals surface area contributed by atoms with Crippen LogP contribution in [-0.2, 0) is 4.79 Å². The molecule has 3 N–H and O–H groups in total. The van der Waals surface area contributed by atoms with Crippen LogP contribution < -0.4 is 11.1 Å². The van der Waals surface area contributed by atoms with Crippen molar-refractivity contribution < 1.29 is 18.4 Å². The molecule has 0 unspecified atom stereocenters. The van der Waals surface area contributed by atoms with Gasteiger partial charge in [0.1, 0.15) is 0 Å². The van der Waals surface area contributed by atoms with Gasteiger partial charge in [0.05, 0.1) is 5.54 Å². The Balaban J connectivity index is 0.00000484. The molecule has 0 aliphatic carbocycles. The van der Waals surface area contributed by atoms with Crippen molar-refractivity contribution in [3.8, 4) is 0 Å². The van der Waals surface area contributed by atoms with Crippen LogP contribution in [0.5, 0.6) is 0 Å². The Morgan fingerprint density at radius 3 is 2.22 bits per heavy atom. The summed E-state index contributed by atoms with van der Waals surface area (Å²) in [6.45, 7) is 4.19. The van der Waals surface area contributed by atoms with Crippen molar-refractivity contribution in [3.05, 3.63) is 35.4 Å². The minimum absolute atomic E-state index is 0. The van der Waals surface area contributed by atoms with E-state index in [0.29, 0.717) is 19.4 Å². The second kappa shape index (κ2) is 9.57. The topological polar surface area (TPSA) is 72.2 Å². The molecule has 23 heavy (non-hydrogen) atoms. The van der Waals surface area contributed by atoms with E-state index >= 15 is 0 Å². The fraction of sp³-hybridized carbons (Fsp3) is 0.500. The Morgan fingerprint density at radius 2 is 1.74 bits per heavy atom. The Labute approximate surface area is 141 Å². The molecule has 1 aromatic rings. The highest BCUT2D eigenvalue weighted by molar-refractivity contribution is 5.98. The molecule has 0 radical (unpaired) electrons. The van der Waals surface area contributed by atoms with Gasteiger partial charge in [0, 0.05) is 24.9 Å². The Hall–Kier alpha value is -1.53. The molecule has 0 spiro atoms. The Kier molecular flexibility index (Phi) is 8.94. The normalized spacial score (nSPS) is 10.8. The molecule has 0 aliphatic rings. The number of hydrogen-bond donors (Lipinski definition) is 2. The summed E-state index contributed by atoms with van der Waals surface area (Å²) in [6.07, 6.45) is 1.32. The number of hydrogen-bond acceptors (Lipinski definition) is 3. The second-order valence-corrected chi connectivity index (χ2v) is 5.29. The molecule has 1 aromatic carbocycles. The van der Waals surface area contributed by atoms with Gasteiger partial charge in [-0.25, -0.2) is 8.78 Å². The lowest BCUT2D eigenvalue weighted by Crippen LogP contribution is -2.52. The van der Waals surface area contributed by atoms with E-state index in [2.05, 4.69) is 5.32 Å². The van der Waals surface area contributed by atoms with Crippen molar-refractivity contribution in [3.63, 3.8) is 0 Å². The van der Waals surface area contributed by atoms with Gasteiger partial charge in [-0.1, -0.05) is 13.8 Å². The summed E-state index contributed by atoms with van der Waals surface area (Å²) in [5.41, 5.74) is 5.30. The number of carbonyl (C=O) groups excluding carboxylic acids is 2. The first-order valence-corrected chi connectivity index (χ1v) is 7.36. The Bertz CT molecular complexity index is 541. The highest BCUT2D eigenvalue weighted by atomic mass is 35.5. The van der Waals surface area contributed by atoms with E-state index in [1.165, 1.54) is 6.07 Å². The maximum atomic E-state index is 13.1. The number of rotatable bonds is 8. The van der Waals surface area contributed by atoms with Crippen LogP contribution in [0.2, 0.25) is 0 Å². The quantitative estimate of drug-likeness (QED) is 0.709. The van der Waals surface area contributed by atoms with Crippen LogP contribution in [0.3, 0.4) is 0 Å². The van der Waals surface area contributed by atoms with Crippen molar-refractivity contribution in [2.24, 2.45) is 5.73 Å². The van der Waals surface area contributed by atoms with Crippen LogP contribution in [0.15, 0.2) is 18.2 Å². The number of nitrogens with two attached hydrogens (primary N) is 1. The summed E-state index contributed by atoms with van der Waals surface area (Å²) in [6, 6.07) is 2.95. The molecule has 130 valence electrons. The van der Waals surface area contributed by atoms with Gasteiger partial charge >= 0.3 is 0 Å². The zero-order valence-electron chi connectivity index (χ0n) is 13.3. The number of nitrogens with one attached hydrogen (secondary N) is 1. The van der Waals surface area contributed by atoms with E-state index in [-0.39, 0.29) is 36.7 Å². The van der Waals surface area contributed by atoms with Crippen molar-refractivity contribution in [1.29, 1.82) is 0 Å². The van der Waals surface area contributed by atoms with E-state index in [0.717, 1.165) is 12.1 Å². The number of ketones is 1. The average Bonchev–Trinajstić information content (AvgIpc) is 2.53. The lowest BCUT2D eigenvalue weighted by Gasteiger charge is -2.31. The Morgan fingerprint density at radius 1 is 1.13 bits per heavy atom. The second-order valence-electron chi connectivity index (χ2n) is 5.29. The van der Waals surface area contributed by atoms with Gasteiger partial charge < -0.3 is 11.1 Å². The molecule has 0 aliphatic heterocycles. The summed E-state index contributed by atoms with van der Waals surface area (Å²) in [4.78, 5) is 23.8. The largest absolute Gasteiger partial charge is 0.349 e. The molecule has 1 amide bonds. The number of Topliss-reactive ketones (excluding diaryl/α,β-unsaturated/α-hetero) is 1. The highest BCUT2D eigenvalue weighted by Gasteiger charge is 2.26. The molecule has 0 fully saturated rings. The summed E-state index contributed by atoms with van der Waals surface area (Å²) >= 11 is 0. The molecular weight excluding hydrogens is 326 g/mol. The van der Waals surface area contributed by atoms with Crippen molar-refractivity contribution in [2.75, 3.05) is 6.54 Å². The first kappa shape index (κ1) is 21.5. The third kappa shape index (κ3) is 5.88. The van der Waals surface area contributed by atoms with Gasteiger partial charge in [-0.15, -0.1) is 12.4 Å². The number of halogens is 3. The zero-order chi connectivity index (χ0) is 16.8. The van der Waals surface area contributed by atoms with Gasteiger partial charge in [-0.05, 0) is 31.0 Å². The van der Waals surface area contributed by atoms with E-state index in [1.807, 2.05) is 13.8 Å². The van der Waals surface area contributed by atoms with E-state index in [1.54, 1.807) is 0 Å². The number of carbonyl (C=O) groups is 2. The fourth-order valence-electron chi connectivity index (χ4n) is 2.17. The van der Waals surface area contributed by atoms with E-state index in [9.17, 15) is 18.4 Å². The predicted octanol–water partition coefficient (Wildman–Crippen LogP) is 2.98. The number of amides is 1. The molecule has 7 heteroatoms. The molecule has 4 nitrogen and oxygen atoms in total. The first-order valence-electron chi connectivity index (χ1n) is 7.36. The third-order valence-electron chi connectivity index (χ3n) is 3.97. The van der Waals surface area contributed by atoms with Gasteiger partial charge in [0.15, 0.2) is 17.4 Å². The molecule has 0 saturated heterocycles. The van der Waals surface area contributed by atoms with Crippen LogP contribution in [0.25, 0.3) is 0 Å². The minimum Gasteiger partial charge on any atom is -0.349 e. The molecule has 0 saturated carbocycles. The van der Waals surface area contributed by atoms with Gasteiger partial charge in [0.2, 0.25) is 5.91 Å². The van der Waals surface area contributed by atoms with Crippen LogP contribution in [0.4, 0.5) is 8.78 Å². The predicted molar refractivity (Wildman–Crippen MR) is 87.7 cm³/mol. The maximum absolute atomic E-state index is 13.1. The van der Waals surface area contributed by atoms with Crippen LogP contribution >= 0.6 is 12.4 Å². The van der Waals surface area contributed by atoms with Crippen molar-refractivity contribution >= 4 is 24.1 Å². The van der Waals surface area contributed by atoms with Gasteiger partial charge in [-0.3, -0.25) is 9.59 Å². The van der Waals surface area contributed by atoms with Gasteiger partial charge in [0.25, 0.3) is 0 Å². The first-order chi connectivity index (χ1) is 10.4. The maximum Gasteiger partial charge on any atom is 0.220 e. The molecule has 0 bridgehead atoms. The fourth-order valence-corrected chi connectivity index (χ4v) is 2.17. The zero-order valence-corrected chi connectivity index (χ0v) is 14.1. The molecule has 0 aromatic heterocycles. The molecule has 0 heterocycles. The van der Waals surface area contributed by atoms with E-state index in [4.69, 9.17) is 5.73 Å². The van der Waals surface area contributed by atoms with Crippen LogP contribution in [0.1, 0.15) is 49.9 Å². The summed E-state index contributed by atoms with van der Waals surface area (Å²) < 4.78 is 25.9. The highest BCUT2D eigenvalue weighted by Crippen LogP contribution is 2.15. The van der Waals surface area contributed by atoms with Crippen LogP contribution in [0, 0.1) is 11.6 Å². The van der Waals surface area contributed by atoms with Crippen molar-refractivity contribution in [2.45, 2.75) is 45.1 Å². The van der Waals surface area contributed by atoms with Crippen LogP contribution in [-0.4, -0.2) is 23.8 Å². The summed E-state index contributed by atoms with van der Waals surface area (Å²) in [5.74, 6) is -2.76. The smallest absolute Gasteiger partial charge is 0.220 e. The van der Waals surface area contributed by atoms with Gasteiger partial charge in [-0.2, -0.15) is 0 Å². The lowest BCUT2D eigenvalue weighted by molar-refractivity contribution is -0.123. The lowest BCUT2D eigenvalue weighted by atomic mass is 9.92. The standard InChI is InChI=1S/C16H22F2N2O2.ClH/c1-3-16(4-2,10-19)20-15(22)8-7-14(21)11-5-6-12(17)13(18)9-11;/h5-6,9H,3-4,7-8,10,19H2,1-2H3,(H,20,22);1H. The SMILES string of the molecule is CCC(CC)(CN)NC(=O)CCC(=O)c1ccc(F)c(F)c1.Cl.